The van der Waals surface area contributed by atoms with Gasteiger partial charge in [-0.05, 0) is 11.0 Å². The van der Waals surface area contributed by atoms with Gasteiger partial charge in [0.15, 0.2) is 0 Å². The van der Waals surface area contributed by atoms with E-state index in [4.69, 9.17) is 0 Å². The van der Waals surface area contributed by atoms with Crippen LogP contribution < -0.4 is 0 Å². The van der Waals surface area contributed by atoms with Crippen LogP contribution in [0.4, 0.5) is 0 Å². The molecule has 0 aromatic heterocycles. The van der Waals surface area contributed by atoms with E-state index in [-0.39, 0.29) is 11.0 Å². The van der Waals surface area contributed by atoms with Crippen LogP contribution >= 0.6 is 0 Å². The van der Waals surface area contributed by atoms with Gasteiger partial charge in [-0.3, -0.25) is 0 Å². The minimum Gasteiger partial charge on any atom is -0.0149 e. The molecular formula is C12H32SiSn. The Bertz CT molecular complexity index is 77.3. The molecule has 88 valence electrons. The summed E-state index contributed by atoms with van der Waals surface area (Å²) in [5.41, 5.74) is 0. The smallest absolute Gasteiger partial charge is 0.0149 e. The van der Waals surface area contributed by atoms with Crippen molar-refractivity contribution in [2.75, 3.05) is 0 Å². The topological polar surface area (TPSA) is 0 Å². The van der Waals surface area contributed by atoms with Crippen LogP contribution in [0.25, 0.3) is 0 Å². The van der Waals surface area contributed by atoms with Gasteiger partial charge in [0.25, 0.3) is 0 Å². The van der Waals surface area contributed by atoms with Crippen molar-refractivity contribution >= 4 is 30.7 Å². The summed E-state index contributed by atoms with van der Waals surface area (Å²) in [6.07, 6.45) is 8.87. The molecule has 14 heavy (non-hydrogen) atoms. The van der Waals surface area contributed by atoms with Crippen molar-refractivity contribution in [2.24, 2.45) is 0 Å². The molecule has 0 radical (unpaired) electrons. The Morgan fingerprint density at radius 2 is 0.929 bits per heavy atom. The molecule has 0 rings (SSSR count). The van der Waals surface area contributed by atoms with Gasteiger partial charge in [-0.2, -0.15) is 0 Å². The van der Waals surface area contributed by atoms with Crippen LogP contribution in [0, 0.1) is 0 Å². The largest absolute Gasteiger partial charge is 0.0149 e. The summed E-state index contributed by atoms with van der Waals surface area (Å²) in [6.45, 7) is 7.01. The van der Waals surface area contributed by atoms with Crippen molar-refractivity contribution < 1.29 is 0 Å². The van der Waals surface area contributed by atoms with Crippen molar-refractivity contribution in [3.05, 3.63) is 0 Å². The fourth-order valence-corrected chi connectivity index (χ4v) is 12.8. The first-order chi connectivity index (χ1) is 6.35. The molecule has 0 fully saturated rings. The van der Waals surface area contributed by atoms with Gasteiger partial charge in [0, 0.05) is 0 Å². The fourth-order valence-electron chi connectivity index (χ4n) is 1.91. The standard InChI is InChI=1S/3C4H9.H4Si.Sn.H/c3*1-3-4-2;;;/h3*1,3-4H2,2H3;1H4;;. The summed E-state index contributed by atoms with van der Waals surface area (Å²) < 4.78 is 5.08. The maximum Gasteiger partial charge on any atom is -0.0149 e. The van der Waals surface area contributed by atoms with E-state index in [0.29, 0.717) is 0 Å². The van der Waals surface area contributed by atoms with Gasteiger partial charge < -0.3 is 0 Å². The molecule has 0 aromatic carbocycles. The van der Waals surface area contributed by atoms with Crippen molar-refractivity contribution in [3.63, 3.8) is 0 Å². The van der Waals surface area contributed by atoms with Crippen molar-refractivity contribution in [1.29, 1.82) is 0 Å². The van der Waals surface area contributed by atoms with Crippen LogP contribution in [-0.4, -0.2) is 30.7 Å². The molecule has 0 nitrogen and oxygen atoms in total. The molecule has 0 amide bonds. The Labute approximate surface area is 103 Å². The summed E-state index contributed by atoms with van der Waals surface area (Å²) in [5, 5.41) is 0. The van der Waals surface area contributed by atoms with Crippen LogP contribution in [0.15, 0.2) is 0 Å². The van der Waals surface area contributed by atoms with Crippen molar-refractivity contribution in [3.8, 4) is 0 Å². The Morgan fingerprint density at radius 3 is 1.14 bits per heavy atom. The van der Waals surface area contributed by atoms with Crippen LogP contribution in [-0.2, 0) is 0 Å². The molecule has 0 aromatic rings. The van der Waals surface area contributed by atoms with Gasteiger partial charge in [0.2, 0.25) is 0 Å². The monoisotopic (exact) mass is 324 g/mol. The van der Waals surface area contributed by atoms with Gasteiger partial charge in [0.05, 0.1) is 0 Å². The van der Waals surface area contributed by atoms with E-state index in [2.05, 4.69) is 20.8 Å². The second-order valence-electron chi connectivity index (χ2n) is 4.29. The molecule has 0 saturated carbocycles. The minimum absolute atomic E-state index is 0. The van der Waals surface area contributed by atoms with Crippen LogP contribution in [0.1, 0.15) is 59.3 Å². The summed E-state index contributed by atoms with van der Waals surface area (Å²) >= 11 is -0.967. The van der Waals surface area contributed by atoms with Gasteiger partial charge in [-0.1, -0.05) is 0 Å². The molecule has 0 spiro atoms. The van der Waals surface area contributed by atoms with E-state index in [1.54, 1.807) is 13.3 Å². The molecule has 0 saturated heterocycles. The average molecular weight is 323 g/mol. The van der Waals surface area contributed by atoms with Gasteiger partial charge in [0.1, 0.15) is 0 Å². The number of hydrogen-bond donors (Lipinski definition) is 0. The van der Waals surface area contributed by atoms with Gasteiger partial charge >= 0.3 is 92.4 Å². The predicted octanol–water partition coefficient (Wildman–Crippen LogP) is 3.16. The Hall–Kier alpha value is 1.02. The van der Waals surface area contributed by atoms with E-state index < -0.39 is 19.8 Å². The van der Waals surface area contributed by atoms with E-state index in [1.165, 1.54) is 38.5 Å². The van der Waals surface area contributed by atoms with Gasteiger partial charge in [-0.25, -0.2) is 0 Å². The zero-order valence-electron chi connectivity index (χ0n) is 9.94. The zero-order chi connectivity index (χ0) is 9.94. The third-order valence-electron chi connectivity index (χ3n) is 2.90. The second-order valence-corrected chi connectivity index (χ2v) is 14.2. The van der Waals surface area contributed by atoms with E-state index >= 15 is 0 Å². The Kier molecular flexibility index (Phi) is 17.4. The molecule has 0 bridgehead atoms. The third kappa shape index (κ3) is 11.1. The third-order valence-corrected chi connectivity index (χ3v) is 13.4. The molecule has 0 N–H and O–H groups in total. The van der Waals surface area contributed by atoms with E-state index in [1.807, 2.05) is 0 Å². The average Bonchev–Trinajstić information content (AvgIpc) is 2.17. The first kappa shape index (κ1) is 17.4. The van der Waals surface area contributed by atoms with E-state index in [9.17, 15) is 0 Å². The van der Waals surface area contributed by atoms with Crippen molar-refractivity contribution in [2.45, 2.75) is 72.6 Å². The second kappa shape index (κ2) is 14.0. The molecule has 0 atom stereocenters. The predicted molar refractivity (Wildman–Crippen MR) is 77.6 cm³/mol. The normalized spacial score (nSPS) is 10.3. The fraction of sp³-hybridized carbons (Fsp3) is 1.00. The van der Waals surface area contributed by atoms with E-state index in [0.717, 1.165) is 0 Å². The number of hydrogen-bond acceptors (Lipinski definition) is 0. The summed E-state index contributed by atoms with van der Waals surface area (Å²) in [6, 6.07) is 0. The zero-order valence-corrected chi connectivity index (χ0v) is 13.2. The van der Waals surface area contributed by atoms with Crippen molar-refractivity contribution in [1.82, 2.24) is 0 Å². The first-order valence-electron chi connectivity index (χ1n) is 6.35. The van der Waals surface area contributed by atoms with Crippen LogP contribution in [0.3, 0.4) is 0 Å². The maximum atomic E-state index is 2.34. The molecule has 0 unspecified atom stereocenters. The Morgan fingerprint density at radius 1 is 0.643 bits per heavy atom. The first-order valence-corrected chi connectivity index (χ1v) is 13.3. The summed E-state index contributed by atoms with van der Waals surface area (Å²) in [4.78, 5) is 0. The molecular weight excluding hydrogens is 291 g/mol. The maximum absolute atomic E-state index is 2.34. The van der Waals surface area contributed by atoms with Crippen LogP contribution in [0.2, 0.25) is 13.3 Å². The summed E-state index contributed by atoms with van der Waals surface area (Å²) in [5.74, 6) is 0. The number of unbranched alkanes of at least 4 members (excludes halogenated alkanes) is 3. The van der Waals surface area contributed by atoms with Gasteiger partial charge in [-0.15, -0.1) is 0 Å². The molecule has 2 heteroatoms. The molecule has 0 heterocycles. The Balaban J connectivity index is 0. The van der Waals surface area contributed by atoms with Crippen LogP contribution in [0.5, 0.6) is 0 Å². The molecule has 0 aliphatic carbocycles. The minimum atomic E-state index is -0.967. The summed E-state index contributed by atoms with van der Waals surface area (Å²) in [7, 11) is 0. The number of rotatable bonds is 9. The molecule has 0 aliphatic rings. The quantitative estimate of drug-likeness (QED) is 0.572. The SMILES string of the molecule is CCC[CH2][SnH]([CH2]CCC)[CH2]CCC.[SiH4]. The molecule has 0 aliphatic heterocycles.